The van der Waals surface area contributed by atoms with Crippen molar-refractivity contribution >= 4 is 0 Å². The van der Waals surface area contributed by atoms with E-state index >= 15 is 0 Å². The molecular formula is C16H34N2. The molecule has 1 aliphatic carbocycles. The smallest absolute Gasteiger partial charge is 0.00696 e. The van der Waals surface area contributed by atoms with E-state index in [0.717, 1.165) is 17.9 Å². The van der Waals surface area contributed by atoms with Gasteiger partial charge in [0.15, 0.2) is 0 Å². The highest BCUT2D eigenvalue weighted by Gasteiger charge is 2.20. The first kappa shape index (κ1) is 16.0. The van der Waals surface area contributed by atoms with Crippen LogP contribution in [0.3, 0.4) is 0 Å². The number of nitrogens with one attached hydrogen (secondary N) is 2. The SMILES string of the molecule is CC(C)CNCCCC1CCC(NC(C)C)CC1. The third kappa shape index (κ3) is 7.38. The molecule has 0 heterocycles. The Balaban J connectivity index is 1.98. The minimum atomic E-state index is 0.645. The zero-order valence-electron chi connectivity index (χ0n) is 13.0. The highest BCUT2D eigenvalue weighted by molar-refractivity contribution is 4.78. The zero-order valence-corrected chi connectivity index (χ0v) is 13.0. The molecule has 2 nitrogen and oxygen atoms in total. The van der Waals surface area contributed by atoms with Gasteiger partial charge in [0.05, 0.1) is 0 Å². The fourth-order valence-corrected chi connectivity index (χ4v) is 3.00. The molecule has 108 valence electrons. The average molecular weight is 254 g/mol. The van der Waals surface area contributed by atoms with Gasteiger partial charge in [-0.25, -0.2) is 0 Å². The summed E-state index contributed by atoms with van der Waals surface area (Å²) >= 11 is 0. The largest absolute Gasteiger partial charge is 0.316 e. The van der Waals surface area contributed by atoms with Crippen LogP contribution in [0.5, 0.6) is 0 Å². The molecule has 0 aliphatic heterocycles. The van der Waals surface area contributed by atoms with E-state index in [1.807, 2.05) is 0 Å². The summed E-state index contributed by atoms with van der Waals surface area (Å²) < 4.78 is 0. The quantitative estimate of drug-likeness (QED) is 0.647. The lowest BCUT2D eigenvalue weighted by Gasteiger charge is -2.30. The molecule has 1 fully saturated rings. The fraction of sp³-hybridized carbons (Fsp3) is 1.00. The van der Waals surface area contributed by atoms with Crippen molar-refractivity contribution in [3.05, 3.63) is 0 Å². The summed E-state index contributed by atoms with van der Waals surface area (Å²) in [5, 5.41) is 7.23. The van der Waals surface area contributed by atoms with Crippen molar-refractivity contribution in [3.8, 4) is 0 Å². The highest BCUT2D eigenvalue weighted by Crippen LogP contribution is 2.27. The monoisotopic (exact) mass is 254 g/mol. The van der Waals surface area contributed by atoms with Crippen LogP contribution in [0.4, 0.5) is 0 Å². The minimum Gasteiger partial charge on any atom is -0.316 e. The Morgan fingerprint density at radius 3 is 2.22 bits per heavy atom. The molecule has 0 saturated heterocycles. The molecule has 0 atom stereocenters. The maximum atomic E-state index is 3.68. The van der Waals surface area contributed by atoms with Crippen LogP contribution in [0.1, 0.15) is 66.2 Å². The van der Waals surface area contributed by atoms with E-state index in [2.05, 4.69) is 38.3 Å². The van der Waals surface area contributed by atoms with Gasteiger partial charge < -0.3 is 10.6 Å². The molecule has 0 radical (unpaired) electrons. The van der Waals surface area contributed by atoms with Crippen molar-refractivity contribution < 1.29 is 0 Å². The highest BCUT2D eigenvalue weighted by atomic mass is 14.9. The van der Waals surface area contributed by atoms with Gasteiger partial charge in [-0.15, -0.1) is 0 Å². The van der Waals surface area contributed by atoms with Crippen molar-refractivity contribution in [1.29, 1.82) is 0 Å². The molecule has 1 rings (SSSR count). The van der Waals surface area contributed by atoms with E-state index in [1.54, 1.807) is 0 Å². The topological polar surface area (TPSA) is 24.1 Å². The Morgan fingerprint density at radius 2 is 1.67 bits per heavy atom. The third-order valence-corrected chi connectivity index (χ3v) is 3.93. The van der Waals surface area contributed by atoms with E-state index < -0.39 is 0 Å². The molecule has 0 aromatic rings. The summed E-state index contributed by atoms with van der Waals surface area (Å²) in [6.07, 6.45) is 8.45. The van der Waals surface area contributed by atoms with Crippen LogP contribution in [0, 0.1) is 11.8 Å². The van der Waals surface area contributed by atoms with E-state index in [-0.39, 0.29) is 0 Å². The van der Waals surface area contributed by atoms with Gasteiger partial charge in [-0.3, -0.25) is 0 Å². The first-order valence-corrected chi connectivity index (χ1v) is 8.04. The van der Waals surface area contributed by atoms with Crippen molar-refractivity contribution in [3.63, 3.8) is 0 Å². The van der Waals surface area contributed by atoms with E-state index in [9.17, 15) is 0 Å². The lowest BCUT2D eigenvalue weighted by atomic mass is 9.83. The van der Waals surface area contributed by atoms with E-state index in [4.69, 9.17) is 0 Å². The van der Waals surface area contributed by atoms with E-state index in [0.29, 0.717) is 6.04 Å². The van der Waals surface area contributed by atoms with Gasteiger partial charge in [-0.05, 0) is 63.5 Å². The fourth-order valence-electron chi connectivity index (χ4n) is 3.00. The first-order chi connectivity index (χ1) is 8.58. The molecule has 2 N–H and O–H groups in total. The van der Waals surface area contributed by atoms with Gasteiger partial charge in [0, 0.05) is 12.1 Å². The molecule has 1 aliphatic rings. The Kier molecular flexibility index (Phi) is 7.92. The number of rotatable bonds is 8. The number of hydrogen-bond acceptors (Lipinski definition) is 2. The van der Waals surface area contributed by atoms with Crippen LogP contribution in [-0.2, 0) is 0 Å². The summed E-state index contributed by atoms with van der Waals surface area (Å²) in [5.74, 6) is 1.78. The first-order valence-electron chi connectivity index (χ1n) is 8.04. The van der Waals surface area contributed by atoms with Crippen LogP contribution in [0.25, 0.3) is 0 Å². The molecule has 0 spiro atoms. The lowest BCUT2D eigenvalue weighted by molar-refractivity contribution is 0.266. The molecule has 0 amide bonds. The van der Waals surface area contributed by atoms with Gasteiger partial charge in [0.2, 0.25) is 0 Å². The Labute approximate surface area is 114 Å². The van der Waals surface area contributed by atoms with Gasteiger partial charge >= 0.3 is 0 Å². The Morgan fingerprint density at radius 1 is 1.00 bits per heavy atom. The van der Waals surface area contributed by atoms with Crippen molar-refractivity contribution in [2.45, 2.75) is 78.3 Å². The maximum Gasteiger partial charge on any atom is 0.00696 e. The van der Waals surface area contributed by atoms with Gasteiger partial charge in [0.1, 0.15) is 0 Å². The molecular weight excluding hydrogens is 220 g/mol. The van der Waals surface area contributed by atoms with Gasteiger partial charge in [-0.2, -0.15) is 0 Å². The molecule has 18 heavy (non-hydrogen) atoms. The minimum absolute atomic E-state index is 0.645. The number of hydrogen-bond donors (Lipinski definition) is 2. The van der Waals surface area contributed by atoms with Crippen LogP contribution in [0.2, 0.25) is 0 Å². The van der Waals surface area contributed by atoms with Crippen molar-refractivity contribution in [2.75, 3.05) is 13.1 Å². The van der Waals surface area contributed by atoms with Crippen LogP contribution >= 0.6 is 0 Å². The molecule has 2 heteroatoms. The Bertz CT molecular complexity index is 193. The summed E-state index contributed by atoms with van der Waals surface area (Å²) in [5.41, 5.74) is 0. The second kappa shape index (κ2) is 8.92. The predicted molar refractivity (Wildman–Crippen MR) is 81.0 cm³/mol. The average Bonchev–Trinajstić information content (AvgIpc) is 2.30. The van der Waals surface area contributed by atoms with Crippen LogP contribution in [-0.4, -0.2) is 25.2 Å². The summed E-state index contributed by atoms with van der Waals surface area (Å²) in [6, 6.07) is 1.44. The Hall–Kier alpha value is -0.0800. The second-order valence-corrected chi connectivity index (χ2v) is 6.78. The van der Waals surface area contributed by atoms with Crippen molar-refractivity contribution in [2.24, 2.45) is 11.8 Å². The molecule has 0 aromatic carbocycles. The summed E-state index contributed by atoms with van der Waals surface area (Å²) in [4.78, 5) is 0. The van der Waals surface area contributed by atoms with Gasteiger partial charge in [-0.1, -0.05) is 27.7 Å². The second-order valence-electron chi connectivity index (χ2n) is 6.78. The maximum absolute atomic E-state index is 3.68. The normalized spacial score (nSPS) is 25.0. The van der Waals surface area contributed by atoms with Gasteiger partial charge in [0.25, 0.3) is 0 Å². The molecule has 0 unspecified atom stereocenters. The zero-order chi connectivity index (χ0) is 13.4. The van der Waals surface area contributed by atoms with Crippen LogP contribution < -0.4 is 10.6 Å². The van der Waals surface area contributed by atoms with Crippen molar-refractivity contribution in [1.82, 2.24) is 10.6 Å². The standard InChI is InChI=1S/C16H34N2/c1-13(2)12-17-11-5-6-15-7-9-16(10-8-15)18-14(3)4/h13-18H,5-12H2,1-4H3. The van der Waals surface area contributed by atoms with E-state index in [1.165, 1.54) is 51.6 Å². The lowest BCUT2D eigenvalue weighted by Crippen LogP contribution is -2.37. The third-order valence-electron chi connectivity index (χ3n) is 3.93. The van der Waals surface area contributed by atoms with Crippen LogP contribution in [0.15, 0.2) is 0 Å². The summed E-state index contributed by atoms with van der Waals surface area (Å²) in [7, 11) is 0. The summed E-state index contributed by atoms with van der Waals surface area (Å²) in [6.45, 7) is 11.4. The molecule has 0 aromatic heterocycles. The predicted octanol–water partition coefficient (Wildman–Crippen LogP) is 3.57. The molecule has 0 bridgehead atoms. The molecule has 1 saturated carbocycles.